The van der Waals surface area contributed by atoms with Gasteiger partial charge in [-0.3, -0.25) is 0 Å². The quantitative estimate of drug-likeness (QED) is 0.691. The highest BCUT2D eigenvalue weighted by Gasteiger charge is 2.00. The second kappa shape index (κ2) is 2.27. The Bertz CT molecular complexity index is 394. The molecule has 0 amide bonds. The Morgan fingerprint density at radius 3 is 3.00 bits per heavy atom. The summed E-state index contributed by atoms with van der Waals surface area (Å²) >= 11 is 3.29. The fraction of sp³-hybridized carbons (Fsp3) is 0. The highest BCUT2D eigenvalue weighted by atomic mass is 79.9. The molecule has 11 heavy (non-hydrogen) atoms. The maximum absolute atomic E-state index is 9.39. The van der Waals surface area contributed by atoms with Crippen LogP contribution in [0.5, 0.6) is 5.75 Å². The van der Waals surface area contributed by atoms with E-state index in [4.69, 9.17) is 0 Å². The molecule has 1 aromatic heterocycles. The van der Waals surface area contributed by atoms with Crippen LogP contribution in [0.1, 0.15) is 0 Å². The second-order valence-electron chi connectivity index (χ2n) is 2.36. The molecule has 0 bridgehead atoms. The largest absolute Gasteiger partial charge is 0.507 e. The van der Waals surface area contributed by atoms with E-state index in [9.17, 15) is 5.11 Å². The summed E-state index contributed by atoms with van der Waals surface area (Å²) in [5.74, 6) is 0.302. The number of phenolic OH excluding ortho intramolecular Hbond substituents is 1. The molecule has 0 aliphatic carbocycles. The molecular weight excluding hydrogens is 206 g/mol. The molecule has 2 rings (SSSR count). The summed E-state index contributed by atoms with van der Waals surface area (Å²) in [4.78, 5) is 3.01. The molecule has 56 valence electrons. The zero-order valence-electron chi connectivity index (χ0n) is 5.63. The van der Waals surface area contributed by atoms with Crippen LogP contribution in [0.2, 0.25) is 0 Å². The van der Waals surface area contributed by atoms with Crippen molar-refractivity contribution in [3.05, 3.63) is 28.9 Å². The Morgan fingerprint density at radius 2 is 2.18 bits per heavy atom. The van der Waals surface area contributed by atoms with Gasteiger partial charge in [0.2, 0.25) is 0 Å². The van der Waals surface area contributed by atoms with E-state index in [2.05, 4.69) is 20.9 Å². The minimum absolute atomic E-state index is 0.302. The molecule has 0 fully saturated rings. The van der Waals surface area contributed by atoms with Gasteiger partial charge in [-0.05, 0) is 18.2 Å². The molecule has 0 saturated carbocycles. The Balaban J connectivity index is 2.91. The van der Waals surface area contributed by atoms with Gasteiger partial charge in [0.05, 0.1) is 5.52 Å². The van der Waals surface area contributed by atoms with E-state index in [0.29, 0.717) is 5.75 Å². The molecule has 0 spiro atoms. The number of hydrogen-bond acceptors (Lipinski definition) is 1. The molecular formula is C8H6BrNO. The summed E-state index contributed by atoms with van der Waals surface area (Å²) in [6.45, 7) is 0. The first-order chi connectivity index (χ1) is 5.27. The van der Waals surface area contributed by atoms with Crippen LogP contribution in [0.4, 0.5) is 0 Å². The lowest BCUT2D eigenvalue weighted by Crippen LogP contribution is -1.69. The Hall–Kier alpha value is -0.960. The fourth-order valence-corrected chi connectivity index (χ4v) is 1.56. The van der Waals surface area contributed by atoms with Crippen LogP contribution in [-0.2, 0) is 0 Å². The van der Waals surface area contributed by atoms with Gasteiger partial charge in [0.1, 0.15) is 5.75 Å². The maximum Gasteiger partial charge on any atom is 0.126 e. The van der Waals surface area contributed by atoms with Gasteiger partial charge in [-0.15, -0.1) is 0 Å². The average Bonchev–Trinajstić information content (AvgIpc) is 2.34. The highest BCUT2D eigenvalue weighted by molar-refractivity contribution is 9.10. The molecule has 1 aromatic carbocycles. The molecule has 2 aromatic rings. The monoisotopic (exact) mass is 211 g/mol. The van der Waals surface area contributed by atoms with Crippen molar-refractivity contribution >= 4 is 26.8 Å². The number of fused-ring (bicyclic) bond motifs is 1. The summed E-state index contributed by atoms with van der Waals surface area (Å²) in [5.41, 5.74) is 0.942. The van der Waals surface area contributed by atoms with Crippen LogP contribution >= 0.6 is 15.9 Å². The van der Waals surface area contributed by atoms with Gasteiger partial charge in [0, 0.05) is 16.1 Å². The van der Waals surface area contributed by atoms with E-state index < -0.39 is 0 Å². The van der Waals surface area contributed by atoms with Crippen molar-refractivity contribution in [2.45, 2.75) is 0 Å². The average molecular weight is 212 g/mol. The van der Waals surface area contributed by atoms with Gasteiger partial charge in [-0.1, -0.05) is 15.9 Å². The summed E-state index contributed by atoms with van der Waals surface area (Å²) in [6, 6.07) is 5.45. The first-order valence-electron chi connectivity index (χ1n) is 3.23. The zero-order valence-corrected chi connectivity index (χ0v) is 7.22. The van der Waals surface area contributed by atoms with Crippen molar-refractivity contribution in [2.75, 3.05) is 0 Å². The normalized spacial score (nSPS) is 10.6. The number of rotatable bonds is 0. The lowest BCUT2D eigenvalue weighted by atomic mass is 10.2. The molecule has 0 saturated heterocycles. The van der Waals surface area contributed by atoms with E-state index >= 15 is 0 Å². The minimum Gasteiger partial charge on any atom is -0.507 e. The first-order valence-corrected chi connectivity index (χ1v) is 4.02. The lowest BCUT2D eigenvalue weighted by molar-refractivity contribution is 0.481. The summed E-state index contributed by atoms with van der Waals surface area (Å²) < 4.78 is 0.880. The predicted molar refractivity (Wildman–Crippen MR) is 47.7 cm³/mol. The Kier molecular flexibility index (Phi) is 1.39. The number of benzene rings is 1. The number of aromatic hydroxyl groups is 1. The molecule has 1 heterocycles. The maximum atomic E-state index is 9.39. The topological polar surface area (TPSA) is 36.0 Å². The number of nitrogens with one attached hydrogen (secondary N) is 1. The van der Waals surface area contributed by atoms with Gasteiger partial charge in [-0.2, -0.15) is 0 Å². The molecule has 3 heteroatoms. The molecule has 2 N–H and O–H groups in total. The molecule has 0 atom stereocenters. The van der Waals surface area contributed by atoms with Crippen LogP contribution in [0.15, 0.2) is 28.9 Å². The van der Waals surface area contributed by atoms with Crippen LogP contribution in [-0.4, -0.2) is 10.1 Å². The van der Waals surface area contributed by atoms with Gasteiger partial charge < -0.3 is 10.1 Å². The first kappa shape index (κ1) is 6.73. The fourth-order valence-electron chi connectivity index (χ4n) is 1.11. The van der Waals surface area contributed by atoms with Crippen molar-refractivity contribution < 1.29 is 5.11 Å². The SMILES string of the molecule is Oc1cc(Br)cc2[nH]ccc12. The molecule has 0 aliphatic heterocycles. The summed E-state index contributed by atoms with van der Waals surface area (Å²) in [7, 11) is 0. The van der Waals surface area contributed by atoms with Crippen LogP contribution < -0.4 is 0 Å². The third-order valence-electron chi connectivity index (χ3n) is 1.61. The van der Waals surface area contributed by atoms with E-state index in [0.717, 1.165) is 15.4 Å². The predicted octanol–water partition coefficient (Wildman–Crippen LogP) is 2.64. The van der Waals surface area contributed by atoms with E-state index in [1.807, 2.05) is 12.1 Å². The van der Waals surface area contributed by atoms with E-state index in [1.54, 1.807) is 12.3 Å². The van der Waals surface area contributed by atoms with Crippen LogP contribution in [0.3, 0.4) is 0 Å². The van der Waals surface area contributed by atoms with Gasteiger partial charge in [0.25, 0.3) is 0 Å². The summed E-state index contributed by atoms with van der Waals surface area (Å²) in [5, 5.41) is 10.2. The number of H-pyrrole nitrogens is 1. The molecule has 0 unspecified atom stereocenters. The van der Waals surface area contributed by atoms with Crippen LogP contribution in [0.25, 0.3) is 10.9 Å². The third-order valence-corrected chi connectivity index (χ3v) is 2.07. The smallest absolute Gasteiger partial charge is 0.126 e. The van der Waals surface area contributed by atoms with Crippen molar-refractivity contribution in [1.29, 1.82) is 0 Å². The van der Waals surface area contributed by atoms with E-state index in [-0.39, 0.29) is 0 Å². The van der Waals surface area contributed by atoms with Gasteiger partial charge in [-0.25, -0.2) is 0 Å². The molecule has 2 nitrogen and oxygen atoms in total. The zero-order chi connectivity index (χ0) is 7.84. The number of hydrogen-bond donors (Lipinski definition) is 2. The van der Waals surface area contributed by atoms with Gasteiger partial charge >= 0.3 is 0 Å². The van der Waals surface area contributed by atoms with Crippen molar-refractivity contribution in [1.82, 2.24) is 4.98 Å². The Morgan fingerprint density at radius 1 is 1.36 bits per heavy atom. The van der Waals surface area contributed by atoms with Crippen molar-refractivity contribution in [3.63, 3.8) is 0 Å². The number of aromatic nitrogens is 1. The minimum atomic E-state index is 0.302. The van der Waals surface area contributed by atoms with Crippen LogP contribution in [0, 0.1) is 0 Å². The Labute approximate surface area is 72.0 Å². The van der Waals surface area contributed by atoms with E-state index in [1.165, 1.54) is 0 Å². The summed E-state index contributed by atoms with van der Waals surface area (Å²) in [6.07, 6.45) is 1.80. The lowest BCUT2D eigenvalue weighted by Gasteiger charge is -1.95. The number of halogens is 1. The number of aromatic amines is 1. The molecule has 0 aliphatic rings. The van der Waals surface area contributed by atoms with Crippen molar-refractivity contribution in [2.24, 2.45) is 0 Å². The highest BCUT2D eigenvalue weighted by Crippen LogP contribution is 2.27. The number of phenols is 1. The third kappa shape index (κ3) is 1.01. The van der Waals surface area contributed by atoms with Crippen molar-refractivity contribution in [3.8, 4) is 5.75 Å². The standard InChI is InChI=1S/C8H6BrNO/c9-5-3-7-6(1-2-10-7)8(11)4-5/h1-4,10-11H. The molecule has 0 radical (unpaired) electrons. The van der Waals surface area contributed by atoms with Gasteiger partial charge in [0.15, 0.2) is 0 Å². The second-order valence-corrected chi connectivity index (χ2v) is 3.28.